The van der Waals surface area contributed by atoms with Gasteiger partial charge < -0.3 is 19.7 Å². The zero-order chi connectivity index (χ0) is 27.7. The second kappa shape index (κ2) is 10.5. The number of aromatic nitrogens is 3. The number of nitrogens with one attached hydrogen (secondary N) is 2. The largest absolute Gasteiger partial charge is 0.495 e. The Hall–Kier alpha value is -4.24. The average Bonchev–Trinajstić information content (AvgIpc) is 2.88. The summed E-state index contributed by atoms with van der Waals surface area (Å²) in [5.74, 6) is 1.16. The molecular weight excluding hydrogens is 492 g/mol. The van der Waals surface area contributed by atoms with Gasteiger partial charge in [0.1, 0.15) is 11.4 Å². The molecule has 2 aromatic heterocycles. The van der Waals surface area contributed by atoms with Gasteiger partial charge in [-0.15, -0.1) is 0 Å². The molecule has 0 bridgehead atoms. The molecule has 2 aromatic carbocycles. The van der Waals surface area contributed by atoms with E-state index in [0.717, 1.165) is 47.6 Å². The molecule has 9 nitrogen and oxygen atoms in total. The molecule has 0 saturated heterocycles. The number of anilines is 3. The fraction of sp³-hybridized carbons (Fsp3) is 0.333. The molecule has 0 unspecified atom stereocenters. The fourth-order valence-corrected chi connectivity index (χ4v) is 4.78. The number of benzene rings is 2. The third kappa shape index (κ3) is 5.78. The van der Waals surface area contributed by atoms with E-state index in [0.29, 0.717) is 22.5 Å². The Labute approximate surface area is 228 Å². The number of likely N-dealkylation sites (N-methyl/N-ethyl adjacent to an activating group) is 1. The van der Waals surface area contributed by atoms with Crippen LogP contribution in [0.5, 0.6) is 5.75 Å². The van der Waals surface area contributed by atoms with Gasteiger partial charge in [-0.25, -0.2) is 14.8 Å². The molecule has 202 valence electrons. The minimum atomic E-state index is -0.622. The second-order valence-electron chi connectivity index (χ2n) is 10.9. The van der Waals surface area contributed by atoms with Crippen LogP contribution in [-0.4, -0.2) is 52.2 Å². The summed E-state index contributed by atoms with van der Waals surface area (Å²) in [4.78, 5) is 28.7. The molecule has 1 aliphatic rings. The Kier molecular flexibility index (Phi) is 7.10. The van der Waals surface area contributed by atoms with Crippen LogP contribution >= 0.6 is 0 Å². The van der Waals surface area contributed by atoms with Gasteiger partial charge in [0.2, 0.25) is 5.95 Å². The van der Waals surface area contributed by atoms with Gasteiger partial charge in [-0.05, 0) is 82.1 Å². The van der Waals surface area contributed by atoms with Crippen molar-refractivity contribution in [2.75, 3.05) is 31.3 Å². The topological polar surface area (TPSA) is 102 Å². The Balaban J connectivity index is 1.58. The number of ether oxygens (including phenoxy) is 2. The second-order valence-corrected chi connectivity index (χ2v) is 10.9. The summed E-state index contributed by atoms with van der Waals surface area (Å²) in [5.41, 5.74) is 6.86. The normalized spacial score (nSPS) is 13.6. The van der Waals surface area contributed by atoms with E-state index in [9.17, 15) is 4.79 Å². The standard InChI is InChI=1S/C30H34N6O3/c1-18-9-11-31-15-22(18)21-7-8-24(34-29(37)39-30(2,3)4)23-16-32-28(35-27(21)23)33-25-13-20-17-36(5)12-10-19(20)14-26(25)38-6/h7-9,11,13-16H,10,12,17H2,1-6H3,(H,34,37)(H,32,33,35). The van der Waals surface area contributed by atoms with Gasteiger partial charge in [0.05, 0.1) is 24.0 Å². The zero-order valence-corrected chi connectivity index (χ0v) is 23.3. The van der Waals surface area contributed by atoms with Gasteiger partial charge in [0.15, 0.2) is 0 Å². The van der Waals surface area contributed by atoms with Crippen LogP contribution in [0.3, 0.4) is 0 Å². The van der Waals surface area contributed by atoms with E-state index in [1.54, 1.807) is 19.5 Å². The van der Waals surface area contributed by atoms with Crippen molar-refractivity contribution >= 4 is 34.3 Å². The summed E-state index contributed by atoms with van der Waals surface area (Å²) in [7, 11) is 3.79. The maximum absolute atomic E-state index is 12.6. The molecule has 0 spiro atoms. The Bertz CT molecular complexity index is 1550. The quantitative estimate of drug-likeness (QED) is 0.322. The van der Waals surface area contributed by atoms with Crippen LogP contribution in [0.15, 0.2) is 48.9 Å². The van der Waals surface area contributed by atoms with E-state index < -0.39 is 11.7 Å². The summed E-state index contributed by atoms with van der Waals surface area (Å²) < 4.78 is 11.2. The molecule has 0 aliphatic carbocycles. The van der Waals surface area contributed by atoms with E-state index in [4.69, 9.17) is 14.5 Å². The minimum absolute atomic E-state index is 0.419. The summed E-state index contributed by atoms with van der Waals surface area (Å²) in [6.07, 6.45) is 5.74. The van der Waals surface area contributed by atoms with Gasteiger partial charge in [0, 0.05) is 48.2 Å². The molecule has 5 rings (SSSR count). The van der Waals surface area contributed by atoms with Crippen LogP contribution in [-0.2, 0) is 17.7 Å². The number of carbonyl (C=O) groups is 1. The number of hydrogen-bond acceptors (Lipinski definition) is 8. The maximum Gasteiger partial charge on any atom is 0.412 e. The molecule has 0 radical (unpaired) electrons. The molecule has 1 amide bonds. The number of aryl methyl sites for hydroxylation is 1. The first-order chi connectivity index (χ1) is 18.6. The van der Waals surface area contributed by atoms with Gasteiger partial charge in [-0.3, -0.25) is 10.3 Å². The van der Waals surface area contributed by atoms with E-state index in [1.165, 1.54) is 11.1 Å². The summed E-state index contributed by atoms with van der Waals surface area (Å²) in [5, 5.41) is 6.92. The van der Waals surface area contributed by atoms with E-state index >= 15 is 0 Å². The van der Waals surface area contributed by atoms with Crippen molar-refractivity contribution in [3.05, 3.63) is 65.6 Å². The van der Waals surface area contributed by atoms with Crippen molar-refractivity contribution in [2.45, 2.75) is 46.3 Å². The summed E-state index contributed by atoms with van der Waals surface area (Å²) in [6.45, 7) is 9.40. The minimum Gasteiger partial charge on any atom is -0.495 e. The van der Waals surface area contributed by atoms with Gasteiger partial charge in [-0.1, -0.05) is 6.07 Å². The van der Waals surface area contributed by atoms with Crippen molar-refractivity contribution in [1.29, 1.82) is 0 Å². The molecule has 0 saturated carbocycles. The first-order valence-corrected chi connectivity index (χ1v) is 13.0. The fourth-order valence-electron chi connectivity index (χ4n) is 4.78. The first-order valence-electron chi connectivity index (χ1n) is 13.0. The monoisotopic (exact) mass is 526 g/mol. The van der Waals surface area contributed by atoms with E-state index in [2.05, 4.69) is 44.7 Å². The predicted octanol–water partition coefficient (Wildman–Crippen LogP) is 6.09. The highest BCUT2D eigenvalue weighted by molar-refractivity contribution is 6.05. The Morgan fingerprint density at radius 1 is 1.05 bits per heavy atom. The van der Waals surface area contributed by atoms with Crippen molar-refractivity contribution in [3.63, 3.8) is 0 Å². The average molecular weight is 527 g/mol. The molecule has 4 aromatic rings. The first kappa shape index (κ1) is 26.4. The highest BCUT2D eigenvalue weighted by Gasteiger charge is 2.20. The van der Waals surface area contributed by atoms with Crippen molar-refractivity contribution < 1.29 is 14.3 Å². The Morgan fingerprint density at radius 3 is 2.62 bits per heavy atom. The van der Waals surface area contributed by atoms with Crippen molar-refractivity contribution in [1.82, 2.24) is 19.9 Å². The van der Waals surface area contributed by atoms with E-state index in [1.807, 2.05) is 52.1 Å². The van der Waals surface area contributed by atoms with Gasteiger partial charge >= 0.3 is 6.09 Å². The molecule has 0 atom stereocenters. The summed E-state index contributed by atoms with van der Waals surface area (Å²) >= 11 is 0. The predicted molar refractivity (Wildman–Crippen MR) is 154 cm³/mol. The molecule has 2 N–H and O–H groups in total. The smallest absolute Gasteiger partial charge is 0.412 e. The number of carbonyl (C=O) groups excluding carboxylic acids is 1. The lowest BCUT2D eigenvalue weighted by atomic mass is 9.98. The highest BCUT2D eigenvalue weighted by Crippen LogP contribution is 2.36. The molecule has 9 heteroatoms. The molecule has 39 heavy (non-hydrogen) atoms. The summed E-state index contributed by atoms with van der Waals surface area (Å²) in [6, 6.07) is 9.95. The van der Waals surface area contributed by atoms with Crippen LogP contribution in [0.1, 0.15) is 37.5 Å². The number of amides is 1. The lowest BCUT2D eigenvalue weighted by Gasteiger charge is -2.26. The Morgan fingerprint density at radius 2 is 1.87 bits per heavy atom. The third-order valence-electron chi connectivity index (χ3n) is 6.69. The molecule has 3 heterocycles. The van der Waals surface area contributed by atoms with Crippen LogP contribution < -0.4 is 15.4 Å². The molecule has 1 aliphatic heterocycles. The lowest BCUT2D eigenvalue weighted by Crippen LogP contribution is -2.27. The van der Waals surface area contributed by atoms with Crippen molar-refractivity contribution in [3.8, 4) is 16.9 Å². The number of pyridine rings is 1. The molecular formula is C30H34N6O3. The third-order valence-corrected chi connectivity index (χ3v) is 6.69. The van der Waals surface area contributed by atoms with Gasteiger partial charge in [0.25, 0.3) is 0 Å². The van der Waals surface area contributed by atoms with E-state index in [-0.39, 0.29) is 0 Å². The van der Waals surface area contributed by atoms with Crippen LogP contribution in [0.2, 0.25) is 0 Å². The van der Waals surface area contributed by atoms with Crippen molar-refractivity contribution in [2.24, 2.45) is 0 Å². The number of rotatable bonds is 5. The van der Waals surface area contributed by atoms with Crippen LogP contribution in [0, 0.1) is 6.92 Å². The highest BCUT2D eigenvalue weighted by atomic mass is 16.6. The molecule has 0 fully saturated rings. The van der Waals surface area contributed by atoms with Crippen LogP contribution in [0.25, 0.3) is 22.0 Å². The number of hydrogen-bond donors (Lipinski definition) is 2. The van der Waals surface area contributed by atoms with Crippen LogP contribution in [0.4, 0.5) is 22.1 Å². The van der Waals surface area contributed by atoms with Gasteiger partial charge in [-0.2, -0.15) is 0 Å². The number of fused-ring (bicyclic) bond motifs is 2. The number of methoxy groups -OCH3 is 1. The zero-order valence-electron chi connectivity index (χ0n) is 23.3. The SMILES string of the molecule is COc1cc2c(cc1Nc1ncc3c(NC(=O)OC(C)(C)C)ccc(-c4cnccc4C)c3n1)CN(C)CC2. The maximum atomic E-state index is 12.6. The lowest BCUT2D eigenvalue weighted by molar-refractivity contribution is 0.0636. The number of nitrogens with zero attached hydrogens (tertiary/aromatic N) is 4.